The average molecular weight is 397 g/mol. The summed E-state index contributed by atoms with van der Waals surface area (Å²) < 4.78 is 9.50. The van der Waals surface area contributed by atoms with E-state index >= 15 is 0 Å². The molecule has 0 N–H and O–H groups in total. The summed E-state index contributed by atoms with van der Waals surface area (Å²) in [5.74, 6) is -1.51. The van der Waals surface area contributed by atoms with E-state index in [2.05, 4.69) is 0 Å². The van der Waals surface area contributed by atoms with Crippen molar-refractivity contribution in [1.29, 1.82) is 0 Å². The molecular formula is C19H24O5S2. The van der Waals surface area contributed by atoms with E-state index < -0.39 is 27.9 Å². The van der Waals surface area contributed by atoms with Gasteiger partial charge in [0.05, 0.1) is 13.2 Å². The second kappa shape index (κ2) is 9.46. The van der Waals surface area contributed by atoms with E-state index in [1.807, 2.05) is 30.3 Å². The van der Waals surface area contributed by atoms with Crippen molar-refractivity contribution in [3.63, 3.8) is 0 Å². The van der Waals surface area contributed by atoms with Gasteiger partial charge in [-0.05, 0) is 26.3 Å². The van der Waals surface area contributed by atoms with E-state index in [1.165, 1.54) is 30.4 Å². The van der Waals surface area contributed by atoms with Crippen LogP contribution in [0.5, 0.6) is 0 Å². The molecule has 142 valence electrons. The molecule has 1 aliphatic rings. The van der Waals surface area contributed by atoms with Gasteiger partial charge in [-0.25, -0.2) is 4.79 Å². The Morgan fingerprint density at radius 2 is 1.62 bits per heavy atom. The topological polar surface area (TPSA) is 69.7 Å². The van der Waals surface area contributed by atoms with Crippen LogP contribution in [0.2, 0.25) is 0 Å². The van der Waals surface area contributed by atoms with Gasteiger partial charge in [0.15, 0.2) is 4.08 Å². The molecule has 1 saturated heterocycles. The van der Waals surface area contributed by atoms with Crippen LogP contribution in [0, 0.1) is 5.92 Å². The first-order valence-corrected chi connectivity index (χ1v) is 10.6. The highest BCUT2D eigenvalue weighted by Crippen LogP contribution is 2.56. The van der Waals surface area contributed by atoms with Crippen molar-refractivity contribution in [2.24, 2.45) is 5.92 Å². The average Bonchev–Trinajstić information content (AvgIpc) is 3.11. The van der Waals surface area contributed by atoms with Crippen molar-refractivity contribution in [2.45, 2.75) is 30.8 Å². The summed E-state index contributed by atoms with van der Waals surface area (Å²) in [4.78, 5) is 38.1. The van der Waals surface area contributed by atoms with E-state index in [4.69, 9.17) is 9.47 Å². The molecule has 1 aliphatic heterocycles. The first-order chi connectivity index (χ1) is 12.5. The molecule has 0 saturated carbocycles. The van der Waals surface area contributed by atoms with E-state index in [0.717, 1.165) is 17.1 Å². The van der Waals surface area contributed by atoms with Gasteiger partial charge >= 0.3 is 11.9 Å². The highest BCUT2D eigenvalue weighted by molar-refractivity contribution is 8.22. The molecule has 0 aliphatic carbocycles. The van der Waals surface area contributed by atoms with Crippen LogP contribution in [0.4, 0.5) is 0 Å². The quantitative estimate of drug-likeness (QED) is 0.493. The van der Waals surface area contributed by atoms with E-state index in [9.17, 15) is 14.4 Å². The first kappa shape index (κ1) is 20.8. The predicted octanol–water partition coefficient (Wildman–Crippen LogP) is 3.28. The molecule has 0 bridgehead atoms. The zero-order valence-corrected chi connectivity index (χ0v) is 16.9. The largest absolute Gasteiger partial charge is 0.465 e. The number of ketones is 1. The number of esters is 2. The van der Waals surface area contributed by atoms with E-state index in [1.54, 1.807) is 13.8 Å². The van der Waals surface area contributed by atoms with Crippen LogP contribution in [0.1, 0.15) is 32.3 Å². The Balaban J connectivity index is 2.60. The van der Waals surface area contributed by atoms with Crippen LogP contribution >= 0.6 is 23.5 Å². The Hall–Kier alpha value is -1.47. The first-order valence-electron chi connectivity index (χ1n) is 8.65. The number of hydrogen-bond donors (Lipinski definition) is 0. The molecule has 26 heavy (non-hydrogen) atoms. The summed E-state index contributed by atoms with van der Waals surface area (Å²) in [6.07, 6.45) is 0. The summed E-state index contributed by atoms with van der Waals surface area (Å²) in [5, 5.41) is 0. The van der Waals surface area contributed by atoms with Crippen LogP contribution in [-0.4, -0.2) is 46.5 Å². The summed E-state index contributed by atoms with van der Waals surface area (Å²) >= 11 is 2.90. The molecule has 7 heteroatoms. The molecule has 0 amide bonds. The summed E-state index contributed by atoms with van der Waals surface area (Å²) in [5.41, 5.74) is 0.760. The van der Waals surface area contributed by atoms with Gasteiger partial charge in [0, 0.05) is 17.4 Å². The normalized spacial score (nSPS) is 18.0. The third-order valence-electron chi connectivity index (χ3n) is 4.16. The van der Waals surface area contributed by atoms with E-state index in [0.29, 0.717) is 0 Å². The zero-order valence-electron chi connectivity index (χ0n) is 15.2. The molecule has 2 rings (SSSR count). The smallest absolute Gasteiger partial charge is 0.333 e. The fourth-order valence-corrected chi connectivity index (χ4v) is 6.51. The number of rotatable bonds is 8. The number of benzene rings is 1. The number of carbonyl (C=O) groups excluding carboxylic acids is 3. The van der Waals surface area contributed by atoms with Crippen molar-refractivity contribution in [3.05, 3.63) is 35.9 Å². The second-order valence-electron chi connectivity index (χ2n) is 5.81. The number of hydrogen-bond acceptors (Lipinski definition) is 7. The van der Waals surface area contributed by atoms with Crippen molar-refractivity contribution in [3.8, 4) is 0 Å². The molecule has 1 fully saturated rings. The molecule has 0 radical (unpaired) electrons. The highest BCUT2D eigenvalue weighted by Gasteiger charge is 2.57. The van der Waals surface area contributed by atoms with E-state index in [-0.39, 0.29) is 19.0 Å². The van der Waals surface area contributed by atoms with Gasteiger partial charge in [-0.3, -0.25) is 9.59 Å². The van der Waals surface area contributed by atoms with Gasteiger partial charge in [-0.1, -0.05) is 30.3 Å². The van der Waals surface area contributed by atoms with Gasteiger partial charge in [0.1, 0.15) is 11.7 Å². The third-order valence-corrected chi connectivity index (χ3v) is 7.64. The Morgan fingerprint density at radius 1 is 1.04 bits per heavy atom. The molecule has 0 spiro atoms. The number of ether oxygens (including phenoxy) is 2. The minimum Gasteiger partial charge on any atom is -0.465 e. The molecular weight excluding hydrogens is 372 g/mol. The lowest BCUT2D eigenvalue weighted by molar-refractivity contribution is -0.153. The Kier molecular flexibility index (Phi) is 7.58. The molecule has 5 nitrogen and oxygen atoms in total. The fraction of sp³-hybridized carbons (Fsp3) is 0.526. The number of carbonyl (C=O) groups is 3. The van der Waals surface area contributed by atoms with Gasteiger partial charge in [-0.15, -0.1) is 23.5 Å². The number of thioether (sulfide) groups is 2. The standard InChI is InChI=1S/C19H24O5S2/c1-4-23-17(21)15(13(3)20)16(14-9-7-6-8-10-14)19(18(22)24-5-2)25-11-12-26-19/h6-10,15-16H,4-5,11-12H2,1-3H3. The lowest BCUT2D eigenvalue weighted by atomic mass is 9.80. The lowest BCUT2D eigenvalue weighted by Crippen LogP contribution is -2.46. The lowest BCUT2D eigenvalue weighted by Gasteiger charge is -2.37. The molecule has 0 aromatic heterocycles. The predicted molar refractivity (Wildman–Crippen MR) is 104 cm³/mol. The number of Topliss-reactive ketones (excluding diaryl/α,β-unsaturated/α-hetero) is 1. The molecule has 2 unspecified atom stereocenters. The molecule has 1 aromatic carbocycles. The zero-order chi connectivity index (χ0) is 19.2. The maximum Gasteiger partial charge on any atom is 0.333 e. The summed E-state index contributed by atoms with van der Waals surface area (Å²) in [7, 11) is 0. The van der Waals surface area contributed by atoms with Gasteiger partial charge in [-0.2, -0.15) is 0 Å². The summed E-state index contributed by atoms with van der Waals surface area (Å²) in [6.45, 7) is 5.25. The van der Waals surface area contributed by atoms with Crippen LogP contribution in [0.15, 0.2) is 30.3 Å². The summed E-state index contributed by atoms with van der Waals surface area (Å²) in [6, 6.07) is 9.24. The Labute approximate surface area is 162 Å². The van der Waals surface area contributed by atoms with Crippen molar-refractivity contribution in [2.75, 3.05) is 24.7 Å². The van der Waals surface area contributed by atoms with Crippen molar-refractivity contribution >= 4 is 41.2 Å². The van der Waals surface area contributed by atoms with Crippen LogP contribution < -0.4 is 0 Å². The molecule has 1 heterocycles. The van der Waals surface area contributed by atoms with Crippen LogP contribution in [0.25, 0.3) is 0 Å². The van der Waals surface area contributed by atoms with Gasteiger partial charge < -0.3 is 9.47 Å². The monoisotopic (exact) mass is 396 g/mol. The third kappa shape index (κ3) is 4.26. The maximum atomic E-state index is 13.0. The van der Waals surface area contributed by atoms with Crippen molar-refractivity contribution < 1.29 is 23.9 Å². The van der Waals surface area contributed by atoms with Gasteiger partial charge in [0.2, 0.25) is 0 Å². The maximum absolute atomic E-state index is 13.0. The minimum absolute atomic E-state index is 0.177. The highest BCUT2D eigenvalue weighted by atomic mass is 32.2. The Bertz CT molecular complexity index is 641. The Morgan fingerprint density at radius 3 is 2.12 bits per heavy atom. The minimum atomic E-state index is -1.06. The van der Waals surface area contributed by atoms with Crippen LogP contribution in [0.3, 0.4) is 0 Å². The SMILES string of the molecule is CCOC(=O)C(C(C)=O)C(c1ccccc1)C1(C(=O)OCC)SCCS1. The van der Waals surface area contributed by atoms with Crippen LogP contribution in [-0.2, 0) is 23.9 Å². The molecule has 1 aromatic rings. The second-order valence-corrected chi connectivity index (χ2v) is 8.75. The van der Waals surface area contributed by atoms with Gasteiger partial charge in [0.25, 0.3) is 0 Å². The fourth-order valence-electron chi connectivity index (χ4n) is 3.14. The molecule has 2 atom stereocenters. The van der Waals surface area contributed by atoms with Crippen molar-refractivity contribution in [1.82, 2.24) is 0 Å².